The maximum atomic E-state index is 11.3. The molecule has 38 heavy (non-hydrogen) atoms. The normalized spacial score (nSPS) is 19.9. The molecule has 9 nitrogen and oxygen atoms in total. The quantitative estimate of drug-likeness (QED) is 0.461. The summed E-state index contributed by atoms with van der Waals surface area (Å²) in [4.78, 5) is 37.0. The smallest absolute Gasteiger partial charge is 0.337 e. The molecule has 0 aliphatic carbocycles. The Bertz CT molecular complexity index is 1330. The number of carbonyl (C=O) groups is 1. The number of carboxylic acids is 1. The van der Waals surface area contributed by atoms with Crippen molar-refractivity contribution in [3.63, 3.8) is 0 Å². The van der Waals surface area contributed by atoms with Crippen LogP contribution in [-0.4, -0.2) is 69.3 Å². The summed E-state index contributed by atoms with van der Waals surface area (Å²) in [6.07, 6.45) is 5.50. The van der Waals surface area contributed by atoms with E-state index in [0.29, 0.717) is 35.9 Å². The minimum atomic E-state index is -1.04. The fourth-order valence-corrected chi connectivity index (χ4v) is 5.56. The van der Waals surface area contributed by atoms with Crippen molar-refractivity contribution in [1.29, 1.82) is 0 Å². The number of hydrogen-bond acceptors (Lipinski definition) is 8. The molecular formula is C28H34ClN7O2. The molecule has 0 amide bonds. The van der Waals surface area contributed by atoms with Crippen LogP contribution in [0.4, 0.5) is 17.6 Å². The van der Waals surface area contributed by atoms with E-state index >= 15 is 0 Å². The van der Waals surface area contributed by atoms with Crippen molar-refractivity contribution >= 4 is 35.2 Å². The molecule has 2 aliphatic heterocycles. The number of carboxylic acid groups (broad SMARTS) is 1. The van der Waals surface area contributed by atoms with Crippen molar-refractivity contribution in [3.8, 4) is 11.3 Å². The highest BCUT2D eigenvalue weighted by Gasteiger charge is 2.30. The summed E-state index contributed by atoms with van der Waals surface area (Å²) in [7, 11) is 0. The Labute approximate surface area is 228 Å². The number of anilines is 3. The molecule has 2 aliphatic rings. The maximum Gasteiger partial charge on any atom is 0.337 e. The minimum absolute atomic E-state index is 0.0827. The predicted molar refractivity (Wildman–Crippen MR) is 151 cm³/mol. The van der Waals surface area contributed by atoms with Crippen LogP contribution < -0.4 is 14.7 Å². The number of rotatable bonds is 6. The molecule has 3 aromatic heterocycles. The molecule has 2 atom stereocenters. The summed E-state index contributed by atoms with van der Waals surface area (Å²) in [6.45, 7) is 11.7. The molecule has 0 bridgehead atoms. The van der Waals surface area contributed by atoms with Gasteiger partial charge in [0.05, 0.1) is 16.3 Å². The Hall–Kier alpha value is -3.46. The standard InChI is InChI=1S/C28H34ClN7O2/c1-17(2)23-13-20(7-8-30-23)24-14-25(33-28(32-24)36-9-5-6-18(36)3)35-11-10-34(16-19(35)4)26-22(29)12-21(15-31-26)27(37)38/h7-8,12-15,17-19H,5-6,9-11,16H2,1-4H3,(H,37,38). The number of aromatic carboxylic acids is 1. The first-order valence-corrected chi connectivity index (χ1v) is 13.6. The van der Waals surface area contributed by atoms with Crippen LogP contribution in [-0.2, 0) is 0 Å². The van der Waals surface area contributed by atoms with Crippen LogP contribution in [0.15, 0.2) is 36.7 Å². The van der Waals surface area contributed by atoms with E-state index in [9.17, 15) is 9.90 Å². The third kappa shape index (κ3) is 5.25. The van der Waals surface area contributed by atoms with Crippen molar-refractivity contribution in [3.05, 3.63) is 52.9 Å². The summed E-state index contributed by atoms with van der Waals surface area (Å²) < 4.78 is 0. The summed E-state index contributed by atoms with van der Waals surface area (Å²) in [6, 6.07) is 8.22. The highest BCUT2D eigenvalue weighted by Crippen LogP contribution is 2.32. The Morgan fingerprint density at radius 1 is 1.05 bits per heavy atom. The number of hydrogen-bond donors (Lipinski definition) is 1. The monoisotopic (exact) mass is 535 g/mol. The Morgan fingerprint density at radius 2 is 1.87 bits per heavy atom. The molecule has 5 heterocycles. The molecule has 3 aromatic rings. The van der Waals surface area contributed by atoms with Crippen molar-refractivity contribution in [2.24, 2.45) is 0 Å². The van der Waals surface area contributed by atoms with Crippen LogP contribution >= 0.6 is 11.6 Å². The zero-order chi connectivity index (χ0) is 27.0. The molecule has 2 saturated heterocycles. The first kappa shape index (κ1) is 26.2. The minimum Gasteiger partial charge on any atom is -0.478 e. The van der Waals surface area contributed by atoms with Crippen LogP contribution in [0.25, 0.3) is 11.3 Å². The van der Waals surface area contributed by atoms with Gasteiger partial charge in [-0.2, -0.15) is 4.98 Å². The van der Waals surface area contributed by atoms with Gasteiger partial charge in [0, 0.05) is 68.0 Å². The largest absolute Gasteiger partial charge is 0.478 e. The molecule has 0 saturated carbocycles. The second kappa shape index (κ2) is 10.7. The van der Waals surface area contributed by atoms with Crippen LogP contribution in [0, 0.1) is 0 Å². The molecular weight excluding hydrogens is 502 g/mol. The van der Waals surface area contributed by atoms with Gasteiger partial charge in [-0.15, -0.1) is 0 Å². The average Bonchev–Trinajstić information content (AvgIpc) is 3.34. The Kier molecular flexibility index (Phi) is 7.38. The number of halogens is 1. The number of pyridine rings is 2. The molecule has 2 unspecified atom stereocenters. The van der Waals surface area contributed by atoms with E-state index in [1.54, 1.807) is 0 Å². The molecule has 1 N–H and O–H groups in total. The molecule has 10 heteroatoms. The molecule has 5 rings (SSSR count). The summed E-state index contributed by atoms with van der Waals surface area (Å²) in [5, 5.41) is 9.59. The lowest BCUT2D eigenvalue weighted by Crippen LogP contribution is -2.52. The van der Waals surface area contributed by atoms with E-state index in [1.807, 2.05) is 12.3 Å². The van der Waals surface area contributed by atoms with Gasteiger partial charge in [0.25, 0.3) is 0 Å². The second-order valence-corrected chi connectivity index (χ2v) is 11.0. The maximum absolute atomic E-state index is 11.3. The summed E-state index contributed by atoms with van der Waals surface area (Å²) in [5.74, 6) is 1.57. The highest BCUT2D eigenvalue weighted by molar-refractivity contribution is 6.33. The topological polar surface area (TPSA) is 98.6 Å². The fourth-order valence-electron chi connectivity index (χ4n) is 5.27. The van der Waals surface area contributed by atoms with Crippen LogP contribution in [0.3, 0.4) is 0 Å². The lowest BCUT2D eigenvalue weighted by molar-refractivity contribution is 0.0696. The third-order valence-corrected chi connectivity index (χ3v) is 7.75. The predicted octanol–water partition coefficient (Wildman–Crippen LogP) is 5.11. The van der Waals surface area contributed by atoms with E-state index in [1.165, 1.54) is 12.3 Å². The van der Waals surface area contributed by atoms with Crippen molar-refractivity contribution in [2.45, 2.75) is 58.5 Å². The van der Waals surface area contributed by atoms with E-state index in [-0.39, 0.29) is 11.6 Å². The molecule has 0 spiro atoms. The molecule has 2 fully saturated rings. The van der Waals surface area contributed by atoms with Gasteiger partial charge < -0.3 is 19.8 Å². The number of nitrogens with zero attached hydrogens (tertiary/aromatic N) is 7. The first-order chi connectivity index (χ1) is 18.2. The molecule has 0 aromatic carbocycles. The number of piperazine rings is 1. The van der Waals surface area contributed by atoms with E-state index in [2.05, 4.69) is 64.5 Å². The van der Waals surface area contributed by atoms with Crippen LogP contribution in [0.1, 0.15) is 62.5 Å². The SMILES string of the molecule is CC(C)c1cc(-c2cc(N3CCN(c4ncc(C(=O)O)cc4Cl)CC3C)nc(N3CCCC3C)n2)ccn1. The zero-order valence-corrected chi connectivity index (χ0v) is 23.1. The van der Waals surface area contributed by atoms with Crippen molar-refractivity contribution < 1.29 is 9.90 Å². The van der Waals surface area contributed by atoms with Gasteiger partial charge in [0.1, 0.15) is 11.6 Å². The van der Waals surface area contributed by atoms with Crippen LogP contribution in [0.5, 0.6) is 0 Å². The highest BCUT2D eigenvalue weighted by atomic mass is 35.5. The third-order valence-electron chi connectivity index (χ3n) is 7.47. The van der Waals surface area contributed by atoms with Gasteiger partial charge in [0.15, 0.2) is 0 Å². The first-order valence-electron chi connectivity index (χ1n) is 13.2. The van der Waals surface area contributed by atoms with E-state index in [4.69, 9.17) is 21.6 Å². The van der Waals surface area contributed by atoms with E-state index < -0.39 is 5.97 Å². The summed E-state index contributed by atoms with van der Waals surface area (Å²) >= 11 is 6.43. The Morgan fingerprint density at radius 3 is 2.53 bits per heavy atom. The van der Waals surface area contributed by atoms with Gasteiger partial charge in [0.2, 0.25) is 5.95 Å². The van der Waals surface area contributed by atoms with Crippen molar-refractivity contribution in [1.82, 2.24) is 19.9 Å². The van der Waals surface area contributed by atoms with Gasteiger partial charge in [-0.1, -0.05) is 25.4 Å². The average molecular weight is 536 g/mol. The Balaban J connectivity index is 1.46. The summed E-state index contributed by atoms with van der Waals surface area (Å²) in [5.41, 5.74) is 3.07. The van der Waals surface area contributed by atoms with Gasteiger partial charge in [-0.3, -0.25) is 4.98 Å². The lowest BCUT2D eigenvalue weighted by Gasteiger charge is -2.41. The van der Waals surface area contributed by atoms with Gasteiger partial charge >= 0.3 is 5.97 Å². The molecule has 0 radical (unpaired) electrons. The van der Waals surface area contributed by atoms with Gasteiger partial charge in [-0.05, 0) is 50.8 Å². The van der Waals surface area contributed by atoms with Gasteiger partial charge in [-0.25, -0.2) is 14.8 Å². The lowest BCUT2D eigenvalue weighted by atomic mass is 10.1. The number of aromatic nitrogens is 4. The zero-order valence-electron chi connectivity index (χ0n) is 22.3. The fraction of sp³-hybridized carbons (Fsp3) is 0.464. The van der Waals surface area contributed by atoms with Crippen molar-refractivity contribution in [2.75, 3.05) is 40.9 Å². The second-order valence-electron chi connectivity index (χ2n) is 10.5. The van der Waals surface area contributed by atoms with E-state index in [0.717, 1.165) is 54.6 Å². The molecule has 200 valence electrons. The van der Waals surface area contributed by atoms with Crippen LogP contribution in [0.2, 0.25) is 5.02 Å².